The van der Waals surface area contributed by atoms with Gasteiger partial charge in [0.1, 0.15) is 6.54 Å². The van der Waals surface area contributed by atoms with Gasteiger partial charge >= 0.3 is 0 Å². The van der Waals surface area contributed by atoms with Gasteiger partial charge in [0.2, 0.25) is 5.91 Å². The molecule has 0 aromatic heterocycles. The predicted octanol–water partition coefficient (Wildman–Crippen LogP) is 2.68. The SMILES string of the molecule is O=C(CN1c2cccc3cccc(c23)S1(=O)=O)NCCCN1CCN(c2ccccc2)CC1. The number of rotatable bonds is 7. The monoisotopic (exact) mass is 464 g/mol. The summed E-state index contributed by atoms with van der Waals surface area (Å²) in [6, 6.07) is 21.2. The lowest BCUT2D eigenvalue weighted by Gasteiger charge is -2.36. The van der Waals surface area contributed by atoms with Crippen LogP contribution in [0.3, 0.4) is 0 Å². The number of amides is 1. The minimum atomic E-state index is -3.71. The molecule has 3 aromatic rings. The first kappa shape index (κ1) is 21.7. The van der Waals surface area contributed by atoms with Crippen molar-refractivity contribution in [1.82, 2.24) is 10.2 Å². The van der Waals surface area contributed by atoms with Crippen molar-refractivity contribution >= 4 is 38.1 Å². The Bertz CT molecular complexity index is 1250. The fraction of sp³-hybridized carbons (Fsp3) is 0.320. The zero-order valence-electron chi connectivity index (χ0n) is 18.5. The molecular weight excluding hydrogens is 436 g/mol. The number of para-hydroxylation sites is 1. The Balaban J connectivity index is 1.10. The highest BCUT2D eigenvalue weighted by Crippen LogP contribution is 2.41. The van der Waals surface area contributed by atoms with Crippen LogP contribution in [0.4, 0.5) is 11.4 Å². The smallest absolute Gasteiger partial charge is 0.265 e. The Morgan fingerprint density at radius 3 is 2.36 bits per heavy atom. The van der Waals surface area contributed by atoms with Crippen LogP contribution in [-0.4, -0.2) is 65.0 Å². The van der Waals surface area contributed by atoms with Gasteiger partial charge in [0.05, 0.1) is 10.6 Å². The summed E-state index contributed by atoms with van der Waals surface area (Å²) in [5.74, 6) is -0.280. The lowest BCUT2D eigenvalue weighted by Crippen LogP contribution is -2.47. The van der Waals surface area contributed by atoms with Crippen LogP contribution in [0.1, 0.15) is 6.42 Å². The number of nitrogens with zero attached hydrogens (tertiary/aromatic N) is 3. The van der Waals surface area contributed by atoms with Crippen LogP contribution in [0.25, 0.3) is 10.8 Å². The molecule has 0 aliphatic carbocycles. The molecule has 1 amide bonds. The van der Waals surface area contributed by atoms with Crippen LogP contribution < -0.4 is 14.5 Å². The molecule has 172 valence electrons. The number of carbonyl (C=O) groups excluding carboxylic acids is 1. The number of piperazine rings is 1. The van der Waals surface area contributed by atoms with Gasteiger partial charge in [0.15, 0.2) is 0 Å². The van der Waals surface area contributed by atoms with Gasteiger partial charge in [-0.05, 0) is 42.6 Å². The van der Waals surface area contributed by atoms with E-state index in [0.29, 0.717) is 17.6 Å². The molecule has 3 aromatic carbocycles. The fourth-order valence-electron chi connectivity index (χ4n) is 4.71. The number of nitrogens with one attached hydrogen (secondary N) is 1. The molecule has 0 unspecified atom stereocenters. The molecule has 0 spiro atoms. The van der Waals surface area contributed by atoms with Crippen molar-refractivity contribution in [3.8, 4) is 0 Å². The van der Waals surface area contributed by atoms with Crippen LogP contribution in [0, 0.1) is 0 Å². The van der Waals surface area contributed by atoms with Gasteiger partial charge in [-0.3, -0.25) is 14.0 Å². The number of hydrogen-bond donors (Lipinski definition) is 1. The van der Waals surface area contributed by atoms with Crippen molar-refractivity contribution in [2.45, 2.75) is 11.3 Å². The summed E-state index contributed by atoms with van der Waals surface area (Å²) < 4.78 is 27.2. The highest BCUT2D eigenvalue weighted by atomic mass is 32.2. The minimum Gasteiger partial charge on any atom is -0.369 e. The highest BCUT2D eigenvalue weighted by molar-refractivity contribution is 7.93. The van der Waals surface area contributed by atoms with Gasteiger partial charge in [0, 0.05) is 43.8 Å². The molecular formula is C25H28N4O3S. The van der Waals surface area contributed by atoms with E-state index in [1.165, 1.54) is 9.99 Å². The molecule has 0 radical (unpaired) electrons. The summed E-state index contributed by atoms with van der Waals surface area (Å²) in [6.45, 7) is 5.23. The van der Waals surface area contributed by atoms with Crippen molar-refractivity contribution in [2.24, 2.45) is 0 Å². The Morgan fingerprint density at radius 1 is 0.879 bits per heavy atom. The number of carbonyl (C=O) groups is 1. The molecule has 8 heteroatoms. The van der Waals surface area contributed by atoms with Gasteiger partial charge in [-0.2, -0.15) is 0 Å². The molecule has 0 atom stereocenters. The molecule has 0 saturated carbocycles. The quantitative estimate of drug-likeness (QED) is 0.545. The zero-order valence-corrected chi connectivity index (χ0v) is 19.3. The molecule has 1 N–H and O–H groups in total. The molecule has 0 bridgehead atoms. The van der Waals surface area contributed by atoms with Crippen molar-refractivity contribution in [2.75, 3.05) is 55.0 Å². The van der Waals surface area contributed by atoms with E-state index in [2.05, 4.69) is 39.4 Å². The van der Waals surface area contributed by atoms with E-state index < -0.39 is 10.0 Å². The number of anilines is 2. The Morgan fingerprint density at radius 2 is 1.61 bits per heavy atom. The normalized spacial score (nSPS) is 17.5. The summed E-state index contributed by atoms with van der Waals surface area (Å²) in [7, 11) is -3.71. The largest absolute Gasteiger partial charge is 0.369 e. The third-order valence-corrected chi connectivity index (χ3v) is 8.24. The second kappa shape index (κ2) is 9.03. The second-order valence-corrected chi connectivity index (χ2v) is 10.3. The van der Waals surface area contributed by atoms with E-state index in [0.717, 1.165) is 44.5 Å². The Hall–Kier alpha value is -3.10. The lowest BCUT2D eigenvalue weighted by molar-refractivity contribution is -0.119. The van der Waals surface area contributed by atoms with Crippen molar-refractivity contribution in [3.05, 3.63) is 66.7 Å². The number of hydrogen-bond acceptors (Lipinski definition) is 5. The summed E-state index contributed by atoms with van der Waals surface area (Å²) in [4.78, 5) is 17.7. The van der Waals surface area contributed by atoms with E-state index in [9.17, 15) is 13.2 Å². The first-order valence-electron chi connectivity index (χ1n) is 11.4. The maximum absolute atomic E-state index is 13.0. The second-order valence-electron chi connectivity index (χ2n) is 8.51. The number of sulfonamides is 1. The summed E-state index contributed by atoms with van der Waals surface area (Å²) in [5.41, 5.74) is 1.84. The average molecular weight is 465 g/mol. The van der Waals surface area contributed by atoms with Crippen LogP contribution in [0.5, 0.6) is 0 Å². The molecule has 7 nitrogen and oxygen atoms in total. The first-order valence-corrected chi connectivity index (χ1v) is 12.8. The van der Waals surface area contributed by atoms with Gasteiger partial charge in [-0.1, -0.05) is 42.5 Å². The van der Waals surface area contributed by atoms with E-state index in [-0.39, 0.29) is 17.3 Å². The topological polar surface area (TPSA) is 73.0 Å². The van der Waals surface area contributed by atoms with Crippen LogP contribution >= 0.6 is 0 Å². The van der Waals surface area contributed by atoms with Crippen molar-refractivity contribution in [1.29, 1.82) is 0 Å². The Kier molecular flexibility index (Phi) is 5.95. The van der Waals surface area contributed by atoms with E-state index >= 15 is 0 Å². The molecule has 1 saturated heterocycles. The summed E-state index contributed by atoms with van der Waals surface area (Å²) in [6.07, 6.45) is 0.833. The summed E-state index contributed by atoms with van der Waals surface area (Å²) in [5, 5.41) is 4.46. The standard InChI is InChI=1S/C25H28N4O3S/c30-24(19-29-22-11-4-7-20-8-5-12-23(25(20)22)33(29,31)32)26-13-6-14-27-15-17-28(18-16-27)21-9-2-1-3-10-21/h1-5,7-12H,6,13-19H2,(H,26,30). The van der Waals surface area contributed by atoms with E-state index in [4.69, 9.17) is 0 Å². The number of benzene rings is 3. The first-order chi connectivity index (χ1) is 16.0. The predicted molar refractivity (Wildman–Crippen MR) is 131 cm³/mol. The van der Waals surface area contributed by atoms with Crippen molar-refractivity contribution in [3.63, 3.8) is 0 Å². The maximum Gasteiger partial charge on any atom is 0.265 e. The van der Waals surface area contributed by atoms with Crippen molar-refractivity contribution < 1.29 is 13.2 Å². The summed E-state index contributed by atoms with van der Waals surface area (Å²) >= 11 is 0. The van der Waals surface area contributed by atoms with E-state index in [1.54, 1.807) is 18.2 Å². The van der Waals surface area contributed by atoms with Gasteiger partial charge in [-0.15, -0.1) is 0 Å². The average Bonchev–Trinajstić information content (AvgIpc) is 3.06. The molecule has 33 heavy (non-hydrogen) atoms. The van der Waals surface area contributed by atoms with Gasteiger partial charge in [-0.25, -0.2) is 8.42 Å². The molecule has 1 fully saturated rings. The third-order valence-electron chi connectivity index (χ3n) is 6.44. The van der Waals surface area contributed by atoms with Gasteiger partial charge in [0.25, 0.3) is 10.0 Å². The zero-order chi connectivity index (χ0) is 22.8. The molecule has 2 aliphatic rings. The van der Waals surface area contributed by atoms with Gasteiger partial charge < -0.3 is 10.2 Å². The lowest BCUT2D eigenvalue weighted by atomic mass is 10.1. The maximum atomic E-state index is 13.0. The highest BCUT2D eigenvalue weighted by Gasteiger charge is 2.36. The van der Waals surface area contributed by atoms with Crippen LogP contribution in [0.2, 0.25) is 0 Å². The molecule has 2 aliphatic heterocycles. The minimum absolute atomic E-state index is 0.203. The third kappa shape index (κ3) is 4.28. The molecule has 2 heterocycles. The van der Waals surface area contributed by atoms with E-state index in [1.807, 2.05) is 24.3 Å². The Labute approximate surface area is 194 Å². The van der Waals surface area contributed by atoms with Crippen LogP contribution in [0.15, 0.2) is 71.6 Å². The fourth-order valence-corrected chi connectivity index (χ4v) is 6.38. The van der Waals surface area contributed by atoms with Crippen LogP contribution in [-0.2, 0) is 14.8 Å². The molecule has 5 rings (SSSR count).